The third-order valence-corrected chi connectivity index (χ3v) is 3.73. The maximum Gasteiger partial charge on any atom is 0.387 e. The Balaban J connectivity index is 2.21. The quantitative estimate of drug-likeness (QED) is 0.722. The highest BCUT2D eigenvalue weighted by molar-refractivity contribution is 5.94. The number of aliphatic hydroxyl groups excluding tert-OH is 1. The van der Waals surface area contributed by atoms with E-state index in [9.17, 15) is 18.7 Å². The van der Waals surface area contributed by atoms with E-state index in [2.05, 4.69) is 4.74 Å². The number of alkyl halides is 2. The number of hydrogen-bond donors (Lipinski definition) is 1. The first-order chi connectivity index (χ1) is 12.9. The van der Waals surface area contributed by atoms with Gasteiger partial charge in [-0.15, -0.1) is 0 Å². The van der Waals surface area contributed by atoms with Gasteiger partial charge in [0.1, 0.15) is 11.5 Å². The molecule has 7 heteroatoms. The zero-order chi connectivity index (χ0) is 19.8. The first-order valence-corrected chi connectivity index (χ1v) is 8.63. The Morgan fingerprint density at radius 3 is 2.41 bits per heavy atom. The minimum absolute atomic E-state index is 0.0229. The molecule has 0 aliphatic carbocycles. The van der Waals surface area contributed by atoms with Crippen LogP contribution in [0.5, 0.6) is 11.5 Å². The molecule has 2 rings (SSSR count). The highest BCUT2D eigenvalue weighted by atomic mass is 19.3. The molecule has 5 nitrogen and oxygen atoms in total. The van der Waals surface area contributed by atoms with Gasteiger partial charge < -0.3 is 19.5 Å². The van der Waals surface area contributed by atoms with E-state index < -0.39 is 12.7 Å². The highest BCUT2D eigenvalue weighted by Crippen LogP contribution is 2.22. The van der Waals surface area contributed by atoms with Crippen LogP contribution >= 0.6 is 0 Å². The molecule has 146 valence electrons. The van der Waals surface area contributed by atoms with Gasteiger partial charge in [0, 0.05) is 24.2 Å². The number of rotatable bonds is 9. The summed E-state index contributed by atoms with van der Waals surface area (Å²) in [6.07, 6.45) is -0.727. The van der Waals surface area contributed by atoms with Gasteiger partial charge in [0.2, 0.25) is 0 Å². The molecule has 27 heavy (non-hydrogen) atoms. The SMILES string of the molecule is CCOc1ccccc1CN(CC(C)O)C(=O)c1ccc(OC(F)F)cc1. The number of para-hydroxylation sites is 1. The molecule has 2 aromatic carbocycles. The fraction of sp³-hybridized carbons (Fsp3) is 0.350. The van der Waals surface area contributed by atoms with E-state index in [0.29, 0.717) is 17.9 Å². The summed E-state index contributed by atoms with van der Waals surface area (Å²) in [5.41, 5.74) is 1.12. The summed E-state index contributed by atoms with van der Waals surface area (Å²) in [4.78, 5) is 14.4. The van der Waals surface area contributed by atoms with Crippen LogP contribution in [-0.4, -0.2) is 41.8 Å². The first-order valence-electron chi connectivity index (χ1n) is 8.63. The predicted molar refractivity (Wildman–Crippen MR) is 97.1 cm³/mol. The molecular weight excluding hydrogens is 356 g/mol. The van der Waals surface area contributed by atoms with Gasteiger partial charge in [-0.05, 0) is 44.2 Å². The smallest absolute Gasteiger partial charge is 0.387 e. The number of hydrogen-bond acceptors (Lipinski definition) is 4. The number of ether oxygens (including phenoxy) is 2. The molecule has 0 bridgehead atoms. The van der Waals surface area contributed by atoms with Crippen molar-refractivity contribution in [2.45, 2.75) is 33.1 Å². The molecule has 0 heterocycles. The van der Waals surface area contributed by atoms with Crippen LogP contribution in [0, 0.1) is 0 Å². The lowest BCUT2D eigenvalue weighted by molar-refractivity contribution is -0.0498. The van der Waals surface area contributed by atoms with Gasteiger partial charge in [-0.3, -0.25) is 4.79 Å². The Morgan fingerprint density at radius 1 is 1.15 bits per heavy atom. The lowest BCUT2D eigenvalue weighted by atomic mass is 10.1. The van der Waals surface area contributed by atoms with Crippen molar-refractivity contribution in [3.63, 3.8) is 0 Å². The maximum atomic E-state index is 12.9. The second kappa shape index (κ2) is 9.87. The van der Waals surface area contributed by atoms with Crippen LogP contribution in [-0.2, 0) is 6.54 Å². The van der Waals surface area contributed by atoms with Crippen LogP contribution in [0.15, 0.2) is 48.5 Å². The van der Waals surface area contributed by atoms with Crippen LogP contribution in [0.2, 0.25) is 0 Å². The van der Waals surface area contributed by atoms with E-state index >= 15 is 0 Å². The number of carbonyl (C=O) groups excluding carboxylic acids is 1. The van der Waals surface area contributed by atoms with E-state index in [1.54, 1.807) is 6.92 Å². The summed E-state index contributed by atoms with van der Waals surface area (Å²) in [7, 11) is 0. The molecule has 0 spiro atoms. The van der Waals surface area contributed by atoms with Crippen molar-refractivity contribution in [1.29, 1.82) is 0 Å². The molecule has 0 radical (unpaired) electrons. The minimum Gasteiger partial charge on any atom is -0.494 e. The third-order valence-electron chi connectivity index (χ3n) is 3.73. The Labute approximate surface area is 157 Å². The van der Waals surface area contributed by atoms with Crippen molar-refractivity contribution in [3.8, 4) is 11.5 Å². The fourth-order valence-electron chi connectivity index (χ4n) is 2.64. The largest absolute Gasteiger partial charge is 0.494 e. The molecule has 1 N–H and O–H groups in total. The summed E-state index contributed by atoms with van der Waals surface area (Å²) in [6.45, 7) is 1.40. The Morgan fingerprint density at radius 2 is 1.81 bits per heavy atom. The topological polar surface area (TPSA) is 59.0 Å². The van der Waals surface area contributed by atoms with Gasteiger partial charge in [0.25, 0.3) is 5.91 Å². The number of nitrogens with zero attached hydrogens (tertiary/aromatic N) is 1. The monoisotopic (exact) mass is 379 g/mol. The van der Waals surface area contributed by atoms with Crippen molar-refractivity contribution in [2.75, 3.05) is 13.2 Å². The summed E-state index contributed by atoms with van der Waals surface area (Å²) < 4.78 is 34.4. The lowest BCUT2D eigenvalue weighted by Crippen LogP contribution is -2.36. The van der Waals surface area contributed by atoms with Crippen molar-refractivity contribution in [1.82, 2.24) is 4.90 Å². The van der Waals surface area contributed by atoms with Crippen molar-refractivity contribution < 1.29 is 28.2 Å². The lowest BCUT2D eigenvalue weighted by Gasteiger charge is -2.25. The second-order valence-corrected chi connectivity index (χ2v) is 5.98. The van der Waals surface area contributed by atoms with Crippen molar-refractivity contribution in [2.24, 2.45) is 0 Å². The third kappa shape index (κ3) is 6.21. The molecule has 1 amide bonds. The van der Waals surface area contributed by atoms with Crippen LogP contribution in [0.3, 0.4) is 0 Å². The van der Waals surface area contributed by atoms with Gasteiger partial charge in [0.15, 0.2) is 0 Å². The van der Waals surface area contributed by atoms with Gasteiger partial charge >= 0.3 is 6.61 Å². The minimum atomic E-state index is -2.92. The summed E-state index contributed by atoms with van der Waals surface area (Å²) in [6, 6.07) is 12.8. The number of benzene rings is 2. The summed E-state index contributed by atoms with van der Waals surface area (Å²) >= 11 is 0. The summed E-state index contributed by atoms with van der Waals surface area (Å²) in [5.74, 6) is 0.320. The molecule has 1 unspecified atom stereocenters. The van der Waals surface area contributed by atoms with Gasteiger partial charge in [-0.1, -0.05) is 18.2 Å². The van der Waals surface area contributed by atoms with Gasteiger partial charge in [-0.2, -0.15) is 8.78 Å². The second-order valence-electron chi connectivity index (χ2n) is 5.98. The van der Waals surface area contributed by atoms with Crippen LogP contribution in [0.1, 0.15) is 29.8 Å². The van der Waals surface area contributed by atoms with E-state index in [4.69, 9.17) is 4.74 Å². The average molecular weight is 379 g/mol. The van der Waals surface area contributed by atoms with Crippen LogP contribution in [0.25, 0.3) is 0 Å². The molecule has 2 aromatic rings. The molecule has 1 atom stereocenters. The zero-order valence-electron chi connectivity index (χ0n) is 15.3. The van der Waals surface area contributed by atoms with Crippen molar-refractivity contribution in [3.05, 3.63) is 59.7 Å². The van der Waals surface area contributed by atoms with Crippen molar-refractivity contribution >= 4 is 5.91 Å². The number of amides is 1. The standard InChI is InChI=1S/C20H23F2NO4/c1-3-26-18-7-5-4-6-16(18)13-23(12-14(2)24)19(25)15-8-10-17(11-9-15)27-20(21)22/h4-11,14,20,24H,3,12-13H2,1-2H3. The van der Waals surface area contributed by atoms with Gasteiger partial charge in [-0.25, -0.2) is 0 Å². The van der Waals surface area contributed by atoms with E-state index in [1.807, 2.05) is 31.2 Å². The number of aliphatic hydroxyl groups is 1. The molecule has 0 aliphatic heterocycles. The van der Waals surface area contributed by atoms with Gasteiger partial charge in [0.05, 0.1) is 12.7 Å². The molecule has 0 saturated heterocycles. The summed E-state index contributed by atoms with van der Waals surface area (Å²) in [5, 5.41) is 9.78. The van der Waals surface area contributed by atoms with E-state index in [0.717, 1.165) is 5.56 Å². The first kappa shape index (κ1) is 20.6. The molecular formula is C20H23F2NO4. The molecule has 0 fully saturated rings. The average Bonchev–Trinajstić information content (AvgIpc) is 2.62. The Bertz CT molecular complexity index is 735. The fourth-order valence-corrected chi connectivity index (χ4v) is 2.64. The number of carbonyl (C=O) groups is 1. The molecule has 0 aromatic heterocycles. The molecule has 0 saturated carbocycles. The number of halogens is 2. The predicted octanol–water partition coefficient (Wildman–Crippen LogP) is 3.71. The maximum absolute atomic E-state index is 12.9. The van der Waals surface area contributed by atoms with Crippen LogP contribution in [0.4, 0.5) is 8.78 Å². The zero-order valence-corrected chi connectivity index (χ0v) is 15.3. The van der Waals surface area contributed by atoms with E-state index in [-0.39, 0.29) is 24.7 Å². The normalized spacial score (nSPS) is 11.9. The Hall–Kier alpha value is -2.67. The van der Waals surface area contributed by atoms with Crippen LogP contribution < -0.4 is 9.47 Å². The Kier molecular flexibility index (Phi) is 7.55. The molecule has 0 aliphatic rings. The van der Waals surface area contributed by atoms with E-state index in [1.165, 1.54) is 29.2 Å². The highest BCUT2D eigenvalue weighted by Gasteiger charge is 2.20.